The van der Waals surface area contributed by atoms with E-state index in [0.717, 1.165) is 13.1 Å². The van der Waals surface area contributed by atoms with Gasteiger partial charge in [-0.1, -0.05) is 0 Å². The maximum atomic E-state index is 8.78. The van der Waals surface area contributed by atoms with Crippen LogP contribution in [-0.4, -0.2) is 49.2 Å². The molecule has 1 N–H and O–H groups in total. The van der Waals surface area contributed by atoms with E-state index in [2.05, 4.69) is 0 Å². The molecule has 0 unspecified atom stereocenters. The van der Waals surface area contributed by atoms with E-state index in [-0.39, 0.29) is 0 Å². The lowest BCUT2D eigenvalue weighted by molar-refractivity contribution is -0.108. The van der Waals surface area contributed by atoms with Crippen molar-refractivity contribution in [2.75, 3.05) is 26.2 Å². The van der Waals surface area contributed by atoms with E-state index in [1.165, 1.54) is 5.06 Å². The van der Waals surface area contributed by atoms with Crippen molar-refractivity contribution in [1.29, 1.82) is 0 Å². The van der Waals surface area contributed by atoms with Gasteiger partial charge in [-0.2, -0.15) is 5.06 Å². The topological polar surface area (TPSA) is 26.7 Å². The molecule has 1 rings (SSSR count). The molecule has 0 saturated carbocycles. The Morgan fingerprint density at radius 2 is 1.62 bits per heavy atom. The van der Waals surface area contributed by atoms with Crippen LogP contribution < -0.4 is 0 Å². The van der Waals surface area contributed by atoms with Crippen molar-refractivity contribution in [2.45, 2.75) is 0 Å². The third kappa shape index (κ3) is 1.47. The van der Waals surface area contributed by atoms with Gasteiger partial charge in [0.15, 0.2) is 7.98 Å². The standard InChI is InChI=1S/C4H9BN2O/c5-6-1-3-7(8)4-2-6/h8H,1-4H2. The second-order valence-corrected chi connectivity index (χ2v) is 1.99. The van der Waals surface area contributed by atoms with Gasteiger partial charge in [0, 0.05) is 26.2 Å². The van der Waals surface area contributed by atoms with Gasteiger partial charge in [0.2, 0.25) is 0 Å². The van der Waals surface area contributed by atoms with Gasteiger partial charge in [-0.3, -0.25) is 0 Å². The zero-order chi connectivity index (χ0) is 5.98. The highest BCUT2D eigenvalue weighted by Gasteiger charge is 2.09. The van der Waals surface area contributed by atoms with E-state index in [9.17, 15) is 0 Å². The molecule has 0 amide bonds. The highest BCUT2D eigenvalue weighted by molar-refractivity contribution is 6.04. The van der Waals surface area contributed by atoms with Crippen LogP contribution in [0.25, 0.3) is 0 Å². The number of hydroxylamine groups is 2. The van der Waals surface area contributed by atoms with Crippen LogP contribution in [0.15, 0.2) is 0 Å². The van der Waals surface area contributed by atoms with Crippen LogP contribution in [0, 0.1) is 0 Å². The molecule has 2 radical (unpaired) electrons. The lowest BCUT2D eigenvalue weighted by Crippen LogP contribution is -2.43. The fourth-order valence-electron chi connectivity index (χ4n) is 0.711. The van der Waals surface area contributed by atoms with Gasteiger partial charge in [0.1, 0.15) is 0 Å². The summed E-state index contributed by atoms with van der Waals surface area (Å²) in [7, 11) is 5.39. The molecule has 0 aromatic carbocycles. The second-order valence-electron chi connectivity index (χ2n) is 1.99. The van der Waals surface area contributed by atoms with Gasteiger partial charge in [-0.25, -0.2) is 0 Å². The molecule has 0 bridgehead atoms. The number of rotatable bonds is 0. The van der Waals surface area contributed by atoms with Crippen molar-refractivity contribution >= 4 is 7.98 Å². The van der Waals surface area contributed by atoms with Crippen LogP contribution in [0.5, 0.6) is 0 Å². The summed E-state index contributed by atoms with van der Waals surface area (Å²) in [6.45, 7) is 2.85. The predicted octanol–water partition coefficient (Wildman–Crippen LogP) is -0.923. The van der Waals surface area contributed by atoms with Gasteiger partial charge < -0.3 is 10.0 Å². The molecule has 0 aliphatic carbocycles. The third-order valence-corrected chi connectivity index (χ3v) is 1.29. The average Bonchev–Trinajstić information content (AvgIpc) is 1.77. The quantitative estimate of drug-likeness (QED) is 0.410. The average molecular weight is 112 g/mol. The van der Waals surface area contributed by atoms with Crippen molar-refractivity contribution in [1.82, 2.24) is 9.87 Å². The smallest absolute Gasteiger partial charge is 0.182 e. The third-order valence-electron chi connectivity index (χ3n) is 1.29. The number of hydrogen-bond acceptors (Lipinski definition) is 3. The van der Waals surface area contributed by atoms with Crippen LogP contribution >= 0.6 is 0 Å². The molecule has 1 fully saturated rings. The summed E-state index contributed by atoms with van der Waals surface area (Å²) in [5.74, 6) is 0. The molecule has 3 nitrogen and oxygen atoms in total. The first-order chi connectivity index (χ1) is 3.79. The van der Waals surface area contributed by atoms with E-state index in [4.69, 9.17) is 13.2 Å². The molecular formula is C4H9BN2O. The van der Waals surface area contributed by atoms with Gasteiger partial charge in [0.25, 0.3) is 0 Å². The molecule has 0 atom stereocenters. The summed E-state index contributed by atoms with van der Waals surface area (Å²) in [5, 5.41) is 10.1. The number of nitrogens with zero attached hydrogens (tertiary/aromatic N) is 2. The first-order valence-corrected chi connectivity index (χ1v) is 2.72. The largest absolute Gasteiger partial charge is 0.351 e. The minimum atomic E-state index is 0.663. The first kappa shape index (κ1) is 6.07. The molecule has 1 aliphatic heterocycles. The van der Waals surface area contributed by atoms with Crippen molar-refractivity contribution < 1.29 is 5.21 Å². The fourth-order valence-corrected chi connectivity index (χ4v) is 0.711. The zero-order valence-electron chi connectivity index (χ0n) is 4.75. The SMILES string of the molecule is [B]N1CCN(O)CC1. The van der Waals surface area contributed by atoms with Gasteiger partial charge >= 0.3 is 0 Å². The molecule has 1 aliphatic rings. The van der Waals surface area contributed by atoms with E-state index in [1.54, 1.807) is 4.81 Å². The molecular weight excluding hydrogens is 103 g/mol. The highest BCUT2D eigenvalue weighted by Crippen LogP contribution is 1.92. The van der Waals surface area contributed by atoms with Gasteiger partial charge in [-0.15, -0.1) is 0 Å². The van der Waals surface area contributed by atoms with Crippen LogP contribution in [0.1, 0.15) is 0 Å². The summed E-state index contributed by atoms with van der Waals surface area (Å²) < 4.78 is 0. The maximum absolute atomic E-state index is 8.78. The number of piperazine rings is 1. The lowest BCUT2D eigenvalue weighted by Gasteiger charge is -2.27. The fraction of sp³-hybridized carbons (Fsp3) is 1.00. The van der Waals surface area contributed by atoms with Crippen LogP contribution in [0.3, 0.4) is 0 Å². The maximum Gasteiger partial charge on any atom is 0.182 e. The Kier molecular flexibility index (Phi) is 1.88. The molecule has 1 heterocycles. The van der Waals surface area contributed by atoms with E-state index >= 15 is 0 Å². The first-order valence-electron chi connectivity index (χ1n) is 2.72. The Morgan fingerprint density at radius 1 is 1.12 bits per heavy atom. The highest BCUT2D eigenvalue weighted by atomic mass is 16.5. The van der Waals surface area contributed by atoms with Crippen molar-refractivity contribution in [2.24, 2.45) is 0 Å². The van der Waals surface area contributed by atoms with E-state index in [0.29, 0.717) is 13.1 Å². The van der Waals surface area contributed by atoms with Crippen LogP contribution in [0.2, 0.25) is 0 Å². The molecule has 44 valence electrons. The monoisotopic (exact) mass is 112 g/mol. The molecule has 0 aromatic heterocycles. The Bertz CT molecular complexity index is 62.4. The minimum absolute atomic E-state index is 0.663. The summed E-state index contributed by atoms with van der Waals surface area (Å²) >= 11 is 0. The van der Waals surface area contributed by atoms with E-state index in [1.807, 2.05) is 0 Å². The molecule has 0 spiro atoms. The lowest BCUT2D eigenvalue weighted by atomic mass is 10.2. The van der Waals surface area contributed by atoms with Crippen molar-refractivity contribution in [3.05, 3.63) is 0 Å². The molecule has 4 heteroatoms. The Labute approximate surface area is 50.3 Å². The van der Waals surface area contributed by atoms with Crippen molar-refractivity contribution in [3.63, 3.8) is 0 Å². The van der Waals surface area contributed by atoms with E-state index < -0.39 is 0 Å². The summed E-state index contributed by atoms with van der Waals surface area (Å²) in [4.78, 5) is 1.70. The molecule has 1 saturated heterocycles. The summed E-state index contributed by atoms with van der Waals surface area (Å²) in [6.07, 6.45) is 0. The summed E-state index contributed by atoms with van der Waals surface area (Å²) in [6, 6.07) is 0. The minimum Gasteiger partial charge on any atom is -0.351 e. The Balaban J connectivity index is 2.19. The van der Waals surface area contributed by atoms with Gasteiger partial charge in [0.05, 0.1) is 0 Å². The van der Waals surface area contributed by atoms with Crippen LogP contribution in [0.4, 0.5) is 0 Å². The predicted molar refractivity (Wildman–Crippen MR) is 30.7 cm³/mol. The van der Waals surface area contributed by atoms with Gasteiger partial charge in [-0.05, 0) is 0 Å². The van der Waals surface area contributed by atoms with Crippen LogP contribution in [-0.2, 0) is 0 Å². The Morgan fingerprint density at radius 3 is 2.00 bits per heavy atom. The molecule has 0 aromatic rings. The Hall–Kier alpha value is -0.0551. The second kappa shape index (κ2) is 2.48. The molecule has 8 heavy (non-hydrogen) atoms. The summed E-state index contributed by atoms with van der Waals surface area (Å²) in [5.41, 5.74) is 0. The zero-order valence-corrected chi connectivity index (χ0v) is 4.75. The number of hydrogen-bond donors (Lipinski definition) is 1. The normalized spacial score (nSPS) is 26.1. The van der Waals surface area contributed by atoms with Crippen molar-refractivity contribution in [3.8, 4) is 0 Å².